The molecule has 0 radical (unpaired) electrons. The van der Waals surface area contributed by atoms with Gasteiger partial charge in [-0.2, -0.15) is 5.26 Å². The Kier molecular flexibility index (Phi) is 4.41. The standard InChI is InChI=1S/C13H18N2OS/c1-7(2)5-10-11(6-14)13(17)15-8(3)12(10)9(4)16/h7,10-11H,5H2,1-4H3,(H,15,17). The van der Waals surface area contributed by atoms with Crippen LogP contribution in [-0.4, -0.2) is 10.8 Å². The summed E-state index contributed by atoms with van der Waals surface area (Å²) in [5.74, 6) is 0.0172. The third kappa shape index (κ3) is 2.92. The van der Waals surface area contributed by atoms with Crippen molar-refractivity contribution in [2.24, 2.45) is 17.8 Å². The molecule has 92 valence electrons. The number of Topliss-reactive ketones (excluding diaryl/α,β-unsaturated/α-hetero) is 1. The lowest BCUT2D eigenvalue weighted by molar-refractivity contribution is -0.114. The fraction of sp³-hybridized carbons (Fsp3) is 0.615. The molecule has 1 heterocycles. The summed E-state index contributed by atoms with van der Waals surface area (Å²) in [6.07, 6.45) is 0.812. The summed E-state index contributed by atoms with van der Waals surface area (Å²) in [7, 11) is 0. The number of ketones is 1. The quantitative estimate of drug-likeness (QED) is 0.782. The molecule has 2 atom stereocenters. The van der Waals surface area contributed by atoms with E-state index in [9.17, 15) is 10.1 Å². The van der Waals surface area contributed by atoms with Gasteiger partial charge in [0.05, 0.1) is 11.1 Å². The number of nitriles is 1. The smallest absolute Gasteiger partial charge is 0.157 e. The Balaban J connectivity index is 3.21. The molecule has 1 rings (SSSR count). The van der Waals surface area contributed by atoms with Gasteiger partial charge in [-0.3, -0.25) is 4.79 Å². The molecule has 0 saturated heterocycles. The molecule has 0 spiro atoms. The molecule has 1 aliphatic heterocycles. The fourth-order valence-corrected chi connectivity index (χ4v) is 2.76. The Labute approximate surface area is 108 Å². The first-order valence-corrected chi connectivity index (χ1v) is 6.21. The van der Waals surface area contributed by atoms with Gasteiger partial charge in [-0.1, -0.05) is 26.1 Å². The third-order valence-corrected chi connectivity index (χ3v) is 3.37. The van der Waals surface area contributed by atoms with Crippen molar-refractivity contribution < 1.29 is 4.79 Å². The molecule has 0 fully saturated rings. The molecule has 1 N–H and O–H groups in total. The molecule has 3 nitrogen and oxygen atoms in total. The molecule has 0 aromatic heterocycles. The topological polar surface area (TPSA) is 52.9 Å². The van der Waals surface area contributed by atoms with E-state index in [1.165, 1.54) is 0 Å². The maximum Gasteiger partial charge on any atom is 0.157 e. The van der Waals surface area contributed by atoms with Gasteiger partial charge in [0.1, 0.15) is 5.92 Å². The molecule has 0 aliphatic carbocycles. The van der Waals surface area contributed by atoms with Gasteiger partial charge < -0.3 is 5.32 Å². The van der Waals surface area contributed by atoms with Crippen LogP contribution in [0, 0.1) is 29.1 Å². The van der Waals surface area contributed by atoms with Gasteiger partial charge in [0, 0.05) is 17.2 Å². The molecule has 4 heteroatoms. The number of carbonyl (C=O) groups excluding carboxylic acids is 1. The van der Waals surface area contributed by atoms with E-state index in [1.807, 2.05) is 6.92 Å². The van der Waals surface area contributed by atoms with Crippen molar-refractivity contribution in [3.8, 4) is 6.07 Å². The van der Waals surface area contributed by atoms with E-state index in [0.717, 1.165) is 17.7 Å². The van der Waals surface area contributed by atoms with Gasteiger partial charge in [0.15, 0.2) is 5.78 Å². The van der Waals surface area contributed by atoms with Crippen LogP contribution in [0.4, 0.5) is 0 Å². The number of hydrogen-bond donors (Lipinski definition) is 1. The van der Waals surface area contributed by atoms with Crippen molar-refractivity contribution in [3.05, 3.63) is 11.3 Å². The van der Waals surface area contributed by atoms with Crippen LogP contribution >= 0.6 is 12.2 Å². The van der Waals surface area contributed by atoms with Crippen molar-refractivity contribution in [1.82, 2.24) is 5.32 Å². The van der Waals surface area contributed by atoms with Crippen LogP contribution in [-0.2, 0) is 4.79 Å². The summed E-state index contributed by atoms with van der Waals surface area (Å²) in [6, 6.07) is 2.22. The molecular weight excluding hydrogens is 232 g/mol. The molecule has 2 unspecified atom stereocenters. The highest BCUT2D eigenvalue weighted by atomic mass is 32.1. The summed E-state index contributed by atoms with van der Waals surface area (Å²) in [6.45, 7) is 7.58. The average molecular weight is 250 g/mol. The number of rotatable bonds is 3. The van der Waals surface area contributed by atoms with Crippen LogP contribution < -0.4 is 5.32 Å². The van der Waals surface area contributed by atoms with Crippen molar-refractivity contribution in [3.63, 3.8) is 0 Å². The highest BCUT2D eigenvalue weighted by Crippen LogP contribution is 2.33. The van der Waals surface area contributed by atoms with Crippen LogP contribution in [0.25, 0.3) is 0 Å². The third-order valence-electron chi connectivity index (χ3n) is 3.01. The van der Waals surface area contributed by atoms with Gasteiger partial charge in [-0.25, -0.2) is 0 Å². The highest BCUT2D eigenvalue weighted by Gasteiger charge is 2.36. The minimum Gasteiger partial charge on any atom is -0.352 e. The number of nitrogens with one attached hydrogen (secondary N) is 1. The Hall–Kier alpha value is -1.21. The number of allylic oxidation sites excluding steroid dienone is 2. The van der Waals surface area contributed by atoms with E-state index < -0.39 is 0 Å². The lowest BCUT2D eigenvalue weighted by Crippen LogP contribution is -2.41. The zero-order chi connectivity index (χ0) is 13.2. The number of carbonyl (C=O) groups is 1. The van der Waals surface area contributed by atoms with Crippen LogP contribution in [0.5, 0.6) is 0 Å². The molecule has 0 saturated carbocycles. The minimum absolute atomic E-state index is 0.0309. The molecule has 0 bridgehead atoms. The maximum absolute atomic E-state index is 11.7. The van der Waals surface area contributed by atoms with Crippen molar-refractivity contribution in [1.29, 1.82) is 5.26 Å². The molecule has 0 amide bonds. The van der Waals surface area contributed by atoms with E-state index in [-0.39, 0.29) is 17.6 Å². The second-order valence-electron chi connectivity index (χ2n) is 4.93. The minimum atomic E-state index is -0.380. The summed E-state index contributed by atoms with van der Waals surface area (Å²) in [4.78, 5) is 12.3. The predicted molar refractivity (Wildman–Crippen MR) is 71.2 cm³/mol. The summed E-state index contributed by atoms with van der Waals surface area (Å²) < 4.78 is 0. The first-order chi connectivity index (χ1) is 7.88. The second kappa shape index (κ2) is 5.42. The van der Waals surface area contributed by atoms with Crippen molar-refractivity contribution >= 4 is 23.0 Å². The van der Waals surface area contributed by atoms with Gasteiger partial charge in [-0.15, -0.1) is 0 Å². The van der Waals surface area contributed by atoms with Gasteiger partial charge >= 0.3 is 0 Å². The van der Waals surface area contributed by atoms with Gasteiger partial charge in [0.2, 0.25) is 0 Å². The maximum atomic E-state index is 11.7. The Morgan fingerprint density at radius 2 is 2.18 bits per heavy atom. The fourth-order valence-electron chi connectivity index (χ4n) is 2.39. The number of thiocarbonyl (C=S) groups is 1. The lowest BCUT2D eigenvalue weighted by Gasteiger charge is -2.32. The Bertz CT molecular complexity index is 418. The first kappa shape index (κ1) is 13.9. The van der Waals surface area contributed by atoms with Crippen LogP contribution in [0.2, 0.25) is 0 Å². The van der Waals surface area contributed by atoms with E-state index in [1.54, 1.807) is 6.92 Å². The normalized spacial score (nSPS) is 24.6. The SMILES string of the molecule is CC(=O)C1=C(C)NC(=S)C(C#N)C1CC(C)C. The first-order valence-electron chi connectivity index (χ1n) is 5.80. The molecular formula is C13H18N2OS. The Morgan fingerprint density at radius 1 is 1.59 bits per heavy atom. The van der Waals surface area contributed by atoms with Crippen LogP contribution in [0.3, 0.4) is 0 Å². The average Bonchev–Trinajstić information content (AvgIpc) is 2.15. The Morgan fingerprint density at radius 3 is 2.59 bits per heavy atom. The highest BCUT2D eigenvalue weighted by molar-refractivity contribution is 7.80. The molecule has 1 aliphatic rings. The van der Waals surface area contributed by atoms with E-state index >= 15 is 0 Å². The molecule has 17 heavy (non-hydrogen) atoms. The van der Waals surface area contributed by atoms with Gasteiger partial charge in [0.25, 0.3) is 0 Å². The number of nitrogens with zero attached hydrogens (tertiary/aromatic N) is 1. The predicted octanol–water partition coefficient (Wildman–Crippen LogP) is 2.58. The van der Waals surface area contributed by atoms with Gasteiger partial charge in [-0.05, 0) is 26.2 Å². The van der Waals surface area contributed by atoms with E-state index in [2.05, 4.69) is 25.2 Å². The largest absolute Gasteiger partial charge is 0.352 e. The number of hydrogen-bond acceptors (Lipinski definition) is 3. The van der Waals surface area contributed by atoms with Crippen LogP contribution in [0.15, 0.2) is 11.3 Å². The monoisotopic (exact) mass is 250 g/mol. The van der Waals surface area contributed by atoms with E-state index in [4.69, 9.17) is 12.2 Å². The molecule has 0 aromatic rings. The second-order valence-corrected chi connectivity index (χ2v) is 5.37. The lowest BCUT2D eigenvalue weighted by atomic mass is 9.76. The zero-order valence-corrected chi connectivity index (χ0v) is 11.5. The van der Waals surface area contributed by atoms with Crippen molar-refractivity contribution in [2.45, 2.75) is 34.1 Å². The molecule has 0 aromatic carbocycles. The van der Waals surface area contributed by atoms with Crippen LogP contribution in [0.1, 0.15) is 34.1 Å². The zero-order valence-electron chi connectivity index (χ0n) is 10.7. The van der Waals surface area contributed by atoms with Crippen molar-refractivity contribution in [2.75, 3.05) is 0 Å². The van der Waals surface area contributed by atoms with E-state index in [0.29, 0.717) is 10.9 Å². The summed E-state index contributed by atoms with van der Waals surface area (Å²) in [5, 5.41) is 12.2. The summed E-state index contributed by atoms with van der Waals surface area (Å²) >= 11 is 5.19. The summed E-state index contributed by atoms with van der Waals surface area (Å²) in [5.41, 5.74) is 1.54.